The zero-order valence-electron chi connectivity index (χ0n) is 54.8. The average Bonchev–Trinajstić information content (AvgIpc) is 3.47. The Morgan fingerprint density at radius 2 is 0.543 bits per heavy atom. The van der Waals surface area contributed by atoms with Crippen LogP contribution in [0.4, 0.5) is 0 Å². The third kappa shape index (κ3) is 62.9. The molecule has 0 aromatic heterocycles. The third-order valence-electron chi connectivity index (χ3n) is 17.6. The van der Waals surface area contributed by atoms with Crippen molar-refractivity contribution in [1.29, 1.82) is 0 Å². The van der Waals surface area contributed by atoms with Crippen molar-refractivity contribution in [3.05, 3.63) is 36.5 Å². The summed E-state index contributed by atoms with van der Waals surface area (Å²) in [5, 5.41) is 44.3. The molecule has 0 aromatic carbocycles. The molecular weight excluding hydrogens is 995 g/mol. The number of nitrogens with one attached hydrogen (secondary N) is 1. The average molecular weight is 1140 g/mol. The van der Waals surface area contributed by atoms with E-state index < -0.39 is 36.9 Å². The lowest BCUT2D eigenvalue weighted by molar-refractivity contribution is -0.132. The maximum atomic E-state index is 12.7. The highest BCUT2D eigenvalue weighted by Crippen LogP contribution is 2.20. The predicted octanol–water partition coefficient (Wildman–Crippen LogP) is 23.1. The highest BCUT2D eigenvalue weighted by molar-refractivity contribution is 5.80. The van der Waals surface area contributed by atoms with Crippen LogP contribution in [0.5, 0.6) is 0 Å². The van der Waals surface area contributed by atoms with E-state index in [9.17, 15) is 25.2 Å². The van der Waals surface area contributed by atoms with E-state index >= 15 is 0 Å². The minimum Gasteiger partial charge on any atom is -0.394 e. The lowest BCUT2D eigenvalue weighted by atomic mass is 10.00. The number of aliphatic hydroxyl groups excluding tert-OH is 4. The standard InChI is InChI=1S/C75H145NO5/c1-3-5-7-9-11-13-15-17-19-21-23-25-27-29-31-33-35-36-37-39-41-43-45-47-49-51-53-55-57-59-61-63-65-67-69-73(79)75(81)76-71(70-77)74(80)72(78)68-66-64-62-60-58-56-54-52-50-48-46-44-42-40-38-34-32-30-28-26-24-22-20-18-16-14-12-10-8-6-4-2/h27,29,33,35,60,62,71-74,77-80H,3-26,28,30-32,34,36-59,61,63-70H2,1-2H3,(H,76,81)/b29-27-,35-33-,62-60+. The molecule has 0 rings (SSSR count). The van der Waals surface area contributed by atoms with Crippen LogP contribution in [-0.2, 0) is 4.79 Å². The largest absolute Gasteiger partial charge is 0.394 e. The lowest BCUT2D eigenvalue weighted by Gasteiger charge is -2.27. The van der Waals surface area contributed by atoms with Gasteiger partial charge in [-0.15, -0.1) is 0 Å². The molecule has 0 spiro atoms. The summed E-state index contributed by atoms with van der Waals surface area (Å²) in [6, 6.07) is -1.00. The van der Waals surface area contributed by atoms with Gasteiger partial charge in [0.15, 0.2) is 0 Å². The monoisotopic (exact) mass is 1140 g/mol. The topological polar surface area (TPSA) is 110 Å². The number of amides is 1. The Morgan fingerprint density at radius 3 is 0.815 bits per heavy atom. The van der Waals surface area contributed by atoms with Crippen molar-refractivity contribution < 1.29 is 25.2 Å². The molecule has 0 aliphatic rings. The molecular formula is C75H145NO5. The first-order chi connectivity index (χ1) is 40.0. The molecule has 4 unspecified atom stereocenters. The van der Waals surface area contributed by atoms with Gasteiger partial charge in [-0.1, -0.05) is 371 Å². The Hall–Kier alpha value is -1.47. The smallest absolute Gasteiger partial charge is 0.249 e. The van der Waals surface area contributed by atoms with Crippen molar-refractivity contribution in [1.82, 2.24) is 5.32 Å². The first-order valence-electron chi connectivity index (χ1n) is 36.9. The normalized spacial score (nSPS) is 13.6. The van der Waals surface area contributed by atoms with Crippen LogP contribution in [0.25, 0.3) is 0 Å². The molecule has 0 saturated heterocycles. The van der Waals surface area contributed by atoms with Gasteiger partial charge in [-0.3, -0.25) is 4.79 Å². The number of hydrogen-bond donors (Lipinski definition) is 5. The second-order valence-corrected chi connectivity index (χ2v) is 25.6. The Balaban J connectivity index is 3.55. The fourth-order valence-electron chi connectivity index (χ4n) is 11.9. The zero-order chi connectivity index (χ0) is 58.7. The molecule has 0 aliphatic carbocycles. The van der Waals surface area contributed by atoms with E-state index in [1.807, 2.05) is 0 Å². The van der Waals surface area contributed by atoms with Crippen LogP contribution in [0.15, 0.2) is 36.5 Å². The van der Waals surface area contributed by atoms with Gasteiger partial charge in [0.2, 0.25) is 5.91 Å². The molecule has 0 saturated carbocycles. The molecule has 6 heteroatoms. The van der Waals surface area contributed by atoms with E-state index in [-0.39, 0.29) is 0 Å². The molecule has 0 aliphatic heterocycles. The second-order valence-electron chi connectivity index (χ2n) is 25.6. The molecule has 6 nitrogen and oxygen atoms in total. The van der Waals surface area contributed by atoms with Crippen LogP contribution < -0.4 is 5.32 Å². The minimum absolute atomic E-state index is 0.365. The fraction of sp³-hybridized carbons (Fsp3) is 0.907. The highest BCUT2D eigenvalue weighted by Gasteiger charge is 2.28. The van der Waals surface area contributed by atoms with E-state index in [0.29, 0.717) is 12.8 Å². The molecule has 0 aromatic rings. The Kier molecular flexibility index (Phi) is 68.0. The Morgan fingerprint density at radius 1 is 0.309 bits per heavy atom. The van der Waals surface area contributed by atoms with Gasteiger partial charge in [0.1, 0.15) is 12.2 Å². The predicted molar refractivity (Wildman–Crippen MR) is 357 cm³/mol. The van der Waals surface area contributed by atoms with Gasteiger partial charge in [-0.25, -0.2) is 0 Å². The number of carbonyl (C=O) groups is 1. The van der Waals surface area contributed by atoms with Crippen molar-refractivity contribution in [3.63, 3.8) is 0 Å². The summed E-state index contributed by atoms with van der Waals surface area (Å²) in [4.78, 5) is 12.7. The Labute approximate surface area is 507 Å². The van der Waals surface area contributed by atoms with Crippen molar-refractivity contribution in [3.8, 4) is 0 Å². The van der Waals surface area contributed by atoms with Crippen LogP contribution in [0.3, 0.4) is 0 Å². The summed E-state index contributed by atoms with van der Waals surface area (Å²) >= 11 is 0. The molecule has 1 amide bonds. The van der Waals surface area contributed by atoms with Crippen LogP contribution in [0, 0.1) is 0 Å². The van der Waals surface area contributed by atoms with Crippen molar-refractivity contribution in [2.75, 3.05) is 6.61 Å². The molecule has 480 valence electrons. The quantitative estimate of drug-likeness (QED) is 0.0308. The fourth-order valence-corrected chi connectivity index (χ4v) is 11.9. The molecule has 0 heterocycles. The van der Waals surface area contributed by atoms with Crippen LogP contribution in [0.1, 0.15) is 406 Å². The van der Waals surface area contributed by atoms with Gasteiger partial charge < -0.3 is 25.7 Å². The molecule has 81 heavy (non-hydrogen) atoms. The summed E-state index contributed by atoms with van der Waals surface area (Å²) in [6.07, 6.45) is 90.1. The van der Waals surface area contributed by atoms with Gasteiger partial charge in [-0.2, -0.15) is 0 Å². The Bertz CT molecular complexity index is 1280. The number of hydrogen-bond acceptors (Lipinski definition) is 5. The van der Waals surface area contributed by atoms with E-state index in [2.05, 4.69) is 55.6 Å². The summed E-state index contributed by atoms with van der Waals surface area (Å²) in [7, 11) is 0. The summed E-state index contributed by atoms with van der Waals surface area (Å²) in [5.41, 5.74) is 0. The number of rotatable bonds is 69. The number of carbonyl (C=O) groups excluding carboxylic acids is 1. The summed E-state index contributed by atoms with van der Waals surface area (Å²) in [6.45, 7) is 4.10. The SMILES string of the molecule is CCCCCCCCCCCCC/C=C\C/C=C\CCCCCCCCCCCCCCCCCCC(O)C(=O)NC(CO)C(O)C(O)CCC/C=C/CCCCCCCCCCCCCCCCCCCCCCCCCCCC. The summed E-state index contributed by atoms with van der Waals surface area (Å²) < 4.78 is 0. The maximum Gasteiger partial charge on any atom is 0.249 e. The molecule has 0 radical (unpaired) electrons. The van der Waals surface area contributed by atoms with Crippen molar-refractivity contribution in [2.24, 2.45) is 0 Å². The van der Waals surface area contributed by atoms with Gasteiger partial charge >= 0.3 is 0 Å². The van der Waals surface area contributed by atoms with E-state index in [1.165, 1.54) is 334 Å². The van der Waals surface area contributed by atoms with E-state index in [1.54, 1.807) is 0 Å². The molecule has 5 N–H and O–H groups in total. The van der Waals surface area contributed by atoms with Crippen molar-refractivity contribution >= 4 is 5.91 Å². The maximum absolute atomic E-state index is 12.7. The van der Waals surface area contributed by atoms with Gasteiger partial charge in [0.05, 0.1) is 18.8 Å². The number of aliphatic hydroxyl groups is 4. The van der Waals surface area contributed by atoms with E-state index in [0.717, 1.165) is 44.9 Å². The van der Waals surface area contributed by atoms with Gasteiger partial charge in [0.25, 0.3) is 0 Å². The zero-order valence-corrected chi connectivity index (χ0v) is 54.8. The second kappa shape index (κ2) is 69.3. The molecule has 0 fully saturated rings. The highest BCUT2D eigenvalue weighted by atomic mass is 16.3. The number of unbranched alkanes of at least 4 members (excludes halogenated alkanes) is 54. The lowest BCUT2D eigenvalue weighted by Crippen LogP contribution is -2.53. The van der Waals surface area contributed by atoms with Crippen LogP contribution in [-0.4, -0.2) is 57.3 Å². The van der Waals surface area contributed by atoms with Gasteiger partial charge in [-0.05, 0) is 70.6 Å². The van der Waals surface area contributed by atoms with Crippen LogP contribution in [0.2, 0.25) is 0 Å². The third-order valence-corrected chi connectivity index (χ3v) is 17.6. The molecule has 4 atom stereocenters. The first-order valence-corrected chi connectivity index (χ1v) is 36.9. The van der Waals surface area contributed by atoms with Crippen LogP contribution >= 0.6 is 0 Å². The number of allylic oxidation sites excluding steroid dienone is 6. The summed E-state index contributed by atoms with van der Waals surface area (Å²) in [5.74, 6) is -0.587. The first kappa shape index (κ1) is 79.5. The van der Waals surface area contributed by atoms with Crippen molar-refractivity contribution in [2.45, 2.75) is 430 Å². The molecule has 0 bridgehead atoms. The minimum atomic E-state index is -1.28. The van der Waals surface area contributed by atoms with E-state index in [4.69, 9.17) is 0 Å². The van der Waals surface area contributed by atoms with Gasteiger partial charge in [0, 0.05) is 0 Å².